The fraction of sp³-hybridized carbons (Fsp3) is 0.0833. The van der Waals surface area contributed by atoms with E-state index in [2.05, 4.69) is 0 Å². The summed E-state index contributed by atoms with van der Waals surface area (Å²) in [5, 5.41) is 18.4. The normalized spacial score (nSPS) is 11.7. The van der Waals surface area contributed by atoms with Crippen LogP contribution in [0.25, 0.3) is 10.8 Å². The zero-order valence-electron chi connectivity index (χ0n) is 8.82. The maximum Gasteiger partial charge on any atom is 0.419 e. The topological polar surface area (TPSA) is 57.5 Å². The Bertz CT molecular complexity index is 632. The van der Waals surface area contributed by atoms with Crippen LogP contribution in [-0.2, 0) is 6.18 Å². The number of phenols is 1. The van der Waals surface area contributed by atoms with Crippen LogP contribution in [0.4, 0.5) is 13.2 Å². The number of hydrogen-bond acceptors (Lipinski definition) is 2. The Morgan fingerprint density at radius 1 is 1.17 bits per heavy atom. The van der Waals surface area contributed by atoms with E-state index in [0.717, 1.165) is 12.1 Å². The predicted molar refractivity (Wildman–Crippen MR) is 57.6 cm³/mol. The van der Waals surface area contributed by atoms with Gasteiger partial charge in [0.1, 0.15) is 5.75 Å². The molecule has 0 aliphatic rings. The van der Waals surface area contributed by atoms with E-state index in [0.29, 0.717) is 0 Å². The Kier molecular flexibility index (Phi) is 2.65. The minimum absolute atomic E-state index is 0.0653. The summed E-state index contributed by atoms with van der Waals surface area (Å²) < 4.78 is 37.7. The van der Waals surface area contributed by atoms with E-state index >= 15 is 0 Å². The number of carbonyl (C=O) groups is 1. The summed E-state index contributed by atoms with van der Waals surface area (Å²) in [6, 6.07) is 5.52. The van der Waals surface area contributed by atoms with Crippen molar-refractivity contribution >= 4 is 16.7 Å². The van der Waals surface area contributed by atoms with Crippen LogP contribution in [0.1, 0.15) is 15.9 Å². The number of carboxylic acids is 1. The Hall–Kier alpha value is -2.24. The zero-order chi connectivity index (χ0) is 13.5. The maximum atomic E-state index is 12.6. The highest BCUT2D eigenvalue weighted by Gasteiger charge is 2.34. The quantitative estimate of drug-likeness (QED) is 0.823. The van der Waals surface area contributed by atoms with Gasteiger partial charge < -0.3 is 10.2 Å². The number of hydrogen-bond donors (Lipinski definition) is 2. The van der Waals surface area contributed by atoms with E-state index in [1.807, 2.05) is 0 Å². The van der Waals surface area contributed by atoms with Crippen molar-refractivity contribution in [1.82, 2.24) is 0 Å². The first-order chi connectivity index (χ1) is 8.30. The Morgan fingerprint density at radius 2 is 1.83 bits per heavy atom. The standard InChI is InChI=1S/C12H7F3O3/c13-12(14,15)9-4-6-2-1-3-7(11(17)18)8(6)5-10(9)16/h1-5,16H,(H,17,18). The van der Waals surface area contributed by atoms with Crippen molar-refractivity contribution in [2.75, 3.05) is 0 Å². The van der Waals surface area contributed by atoms with Gasteiger partial charge in [-0.1, -0.05) is 12.1 Å². The fourth-order valence-electron chi connectivity index (χ4n) is 1.73. The summed E-state index contributed by atoms with van der Waals surface area (Å²) in [6.07, 6.45) is -4.68. The van der Waals surface area contributed by atoms with Crippen LogP contribution in [-0.4, -0.2) is 16.2 Å². The van der Waals surface area contributed by atoms with Crippen molar-refractivity contribution in [2.24, 2.45) is 0 Å². The highest BCUT2D eigenvalue weighted by molar-refractivity contribution is 6.04. The lowest BCUT2D eigenvalue weighted by Gasteiger charge is -2.11. The second-order valence-electron chi connectivity index (χ2n) is 3.70. The first kappa shape index (κ1) is 12.2. The lowest BCUT2D eigenvalue weighted by atomic mass is 10.0. The maximum absolute atomic E-state index is 12.6. The molecular formula is C12H7F3O3. The van der Waals surface area contributed by atoms with Gasteiger partial charge in [0.05, 0.1) is 11.1 Å². The first-order valence-corrected chi connectivity index (χ1v) is 4.87. The summed E-state index contributed by atoms with van der Waals surface area (Å²) in [4.78, 5) is 10.9. The minimum Gasteiger partial charge on any atom is -0.507 e. The molecule has 0 saturated carbocycles. The molecule has 0 aliphatic carbocycles. The largest absolute Gasteiger partial charge is 0.507 e. The third kappa shape index (κ3) is 1.97. The molecule has 94 valence electrons. The molecule has 0 atom stereocenters. The van der Waals surface area contributed by atoms with E-state index < -0.39 is 23.5 Å². The third-order valence-electron chi connectivity index (χ3n) is 2.53. The minimum atomic E-state index is -4.68. The molecule has 18 heavy (non-hydrogen) atoms. The van der Waals surface area contributed by atoms with Gasteiger partial charge in [-0.25, -0.2) is 4.79 Å². The molecule has 2 N–H and O–H groups in total. The number of halogens is 3. The average Bonchev–Trinajstić information content (AvgIpc) is 2.25. The molecular weight excluding hydrogens is 249 g/mol. The summed E-state index contributed by atoms with van der Waals surface area (Å²) in [5.41, 5.74) is -1.34. The van der Waals surface area contributed by atoms with Gasteiger partial charge in [-0.2, -0.15) is 13.2 Å². The predicted octanol–water partition coefficient (Wildman–Crippen LogP) is 3.26. The molecule has 2 aromatic rings. The van der Waals surface area contributed by atoms with Crippen LogP contribution in [0, 0.1) is 0 Å². The van der Waals surface area contributed by atoms with Gasteiger partial charge in [-0.05, 0) is 29.0 Å². The summed E-state index contributed by atoms with van der Waals surface area (Å²) in [6.45, 7) is 0. The summed E-state index contributed by atoms with van der Waals surface area (Å²) in [7, 11) is 0. The van der Waals surface area contributed by atoms with Gasteiger partial charge in [0.25, 0.3) is 0 Å². The molecule has 0 unspecified atom stereocenters. The van der Waals surface area contributed by atoms with Crippen LogP contribution in [0.5, 0.6) is 5.75 Å². The van der Waals surface area contributed by atoms with Crippen molar-refractivity contribution in [2.45, 2.75) is 6.18 Å². The molecule has 0 aliphatic heterocycles. The highest BCUT2D eigenvalue weighted by Crippen LogP contribution is 2.38. The summed E-state index contributed by atoms with van der Waals surface area (Å²) >= 11 is 0. The lowest BCUT2D eigenvalue weighted by Crippen LogP contribution is -2.06. The number of phenolic OH excluding ortho intramolecular Hbond substituents is 1. The number of fused-ring (bicyclic) bond motifs is 1. The van der Waals surface area contributed by atoms with Gasteiger partial charge in [0.15, 0.2) is 0 Å². The smallest absolute Gasteiger partial charge is 0.419 e. The number of aromatic carboxylic acids is 1. The second kappa shape index (κ2) is 3.90. The molecule has 2 rings (SSSR count). The van der Waals surface area contributed by atoms with E-state index in [1.54, 1.807) is 0 Å². The monoisotopic (exact) mass is 256 g/mol. The Morgan fingerprint density at radius 3 is 2.39 bits per heavy atom. The van der Waals surface area contributed by atoms with Gasteiger partial charge in [0, 0.05) is 0 Å². The molecule has 0 amide bonds. The fourth-order valence-corrected chi connectivity index (χ4v) is 1.73. The summed E-state index contributed by atoms with van der Waals surface area (Å²) in [5.74, 6) is -2.25. The molecule has 0 spiro atoms. The van der Waals surface area contributed by atoms with Crippen LogP contribution in [0.2, 0.25) is 0 Å². The molecule has 6 heteroatoms. The van der Waals surface area contributed by atoms with Crippen LogP contribution >= 0.6 is 0 Å². The number of carboxylic acid groups (broad SMARTS) is 1. The van der Waals surface area contributed by atoms with Gasteiger partial charge in [0.2, 0.25) is 0 Å². The van der Waals surface area contributed by atoms with Crippen molar-refractivity contribution in [3.8, 4) is 5.75 Å². The van der Waals surface area contributed by atoms with Crippen molar-refractivity contribution in [3.05, 3.63) is 41.5 Å². The van der Waals surface area contributed by atoms with Crippen molar-refractivity contribution in [3.63, 3.8) is 0 Å². The highest BCUT2D eigenvalue weighted by atomic mass is 19.4. The van der Waals surface area contributed by atoms with Crippen LogP contribution < -0.4 is 0 Å². The number of alkyl halides is 3. The third-order valence-corrected chi connectivity index (χ3v) is 2.53. The molecule has 0 bridgehead atoms. The van der Waals surface area contributed by atoms with E-state index in [4.69, 9.17) is 5.11 Å². The molecule has 0 heterocycles. The van der Waals surface area contributed by atoms with Gasteiger partial charge in [-0.3, -0.25) is 0 Å². The molecule has 0 radical (unpaired) electrons. The van der Waals surface area contributed by atoms with Crippen molar-refractivity contribution < 1.29 is 28.2 Å². The van der Waals surface area contributed by atoms with Crippen molar-refractivity contribution in [1.29, 1.82) is 0 Å². The number of benzene rings is 2. The second-order valence-corrected chi connectivity index (χ2v) is 3.70. The SMILES string of the molecule is O=C(O)c1cccc2cc(C(F)(F)F)c(O)cc12. The molecule has 0 saturated heterocycles. The van der Waals surface area contributed by atoms with Crippen LogP contribution in [0.15, 0.2) is 30.3 Å². The first-order valence-electron chi connectivity index (χ1n) is 4.87. The lowest BCUT2D eigenvalue weighted by molar-refractivity contribution is -0.138. The number of rotatable bonds is 1. The van der Waals surface area contributed by atoms with Gasteiger partial charge >= 0.3 is 12.1 Å². The van der Waals surface area contributed by atoms with E-state index in [9.17, 15) is 23.1 Å². The zero-order valence-corrected chi connectivity index (χ0v) is 8.82. The van der Waals surface area contributed by atoms with Crippen LogP contribution in [0.3, 0.4) is 0 Å². The molecule has 0 aromatic heterocycles. The molecule has 2 aromatic carbocycles. The average molecular weight is 256 g/mol. The van der Waals surface area contributed by atoms with Gasteiger partial charge in [-0.15, -0.1) is 0 Å². The Balaban J connectivity index is 2.79. The number of aromatic hydroxyl groups is 1. The Labute approximate surface area is 99.1 Å². The molecule has 3 nitrogen and oxygen atoms in total. The molecule has 0 fully saturated rings. The van der Waals surface area contributed by atoms with E-state index in [1.165, 1.54) is 18.2 Å². The van der Waals surface area contributed by atoms with E-state index in [-0.39, 0.29) is 16.3 Å².